The molecule has 0 aliphatic carbocycles. The van der Waals surface area contributed by atoms with Crippen molar-refractivity contribution in [1.82, 2.24) is 5.32 Å². The average Bonchev–Trinajstić information content (AvgIpc) is 2.76. The zero-order valence-corrected chi connectivity index (χ0v) is 15.9. The summed E-state index contributed by atoms with van der Waals surface area (Å²) in [5.74, 6) is -1.43. The van der Waals surface area contributed by atoms with E-state index in [0.717, 1.165) is 11.1 Å². The van der Waals surface area contributed by atoms with Gasteiger partial charge in [-0.15, -0.1) is 0 Å². The molecule has 0 saturated heterocycles. The van der Waals surface area contributed by atoms with Crippen molar-refractivity contribution in [3.8, 4) is 11.5 Å². The van der Waals surface area contributed by atoms with Crippen molar-refractivity contribution in [3.63, 3.8) is 0 Å². The number of rotatable bonds is 8. The lowest BCUT2D eigenvalue weighted by atomic mass is 10.1. The van der Waals surface area contributed by atoms with Crippen LogP contribution in [0.15, 0.2) is 72.8 Å². The Kier molecular flexibility index (Phi) is 6.47. The largest absolute Gasteiger partial charge is 0.484 e. The van der Waals surface area contributed by atoms with Crippen LogP contribution in [0.4, 0.5) is 0 Å². The van der Waals surface area contributed by atoms with Gasteiger partial charge in [0.15, 0.2) is 11.5 Å². The van der Waals surface area contributed by atoms with Crippen molar-refractivity contribution >= 4 is 11.9 Å². The SMILES string of the molecule is CNC(=O)c1ccc(C(=O)O)c(OCc2ccccc2)c1OCc1ccccc1. The van der Waals surface area contributed by atoms with Crippen molar-refractivity contribution in [1.29, 1.82) is 0 Å². The number of hydrogen-bond acceptors (Lipinski definition) is 4. The van der Waals surface area contributed by atoms with Crippen LogP contribution in [0, 0.1) is 0 Å². The van der Waals surface area contributed by atoms with Crippen molar-refractivity contribution in [2.75, 3.05) is 7.05 Å². The molecule has 0 bridgehead atoms. The molecule has 6 heteroatoms. The maximum atomic E-state index is 12.4. The van der Waals surface area contributed by atoms with Gasteiger partial charge in [-0.3, -0.25) is 4.79 Å². The molecule has 0 spiro atoms. The first-order chi connectivity index (χ1) is 14.1. The highest BCUT2D eigenvalue weighted by molar-refractivity contribution is 6.01. The van der Waals surface area contributed by atoms with E-state index >= 15 is 0 Å². The first-order valence-corrected chi connectivity index (χ1v) is 9.06. The first-order valence-electron chi connectivity index (χ1n) is 9.06. The summed E-state index contributed by atoms with van der Waals surface area (Å²) >= 11 is 0. The molecule has 0 aromatic heterocycles. The third-order valence-electron chi connectivity index (χ3n) is 4.27. The van der Waals surface area contributed by atoms with Crippen LogP contribution in [0.1, 0.15) is 31.8 Å². The zero-order valence-electron chi connectivity index (χ0n) is 15.9. The Morgan fingerprint density at radius 3 is 1.66 bits per heavy atom. The molecule has 0 heterocycles. The van der Waals surface area contributed by atoms with Gasteiger partial charge in [0, 0.05) is 7.05 Å². The quantitative estimate of drug-likeness (QED) is 0.608. The molecular formula is C23H21NO5. The number of amides is 1. The number of ether oxygens (including phenoxy) is 2. The van der Waals surface area contributed by atoms with Crippen molar-refractivity contribution in [3.05, 3.63) is 95.1 Å². The number of carbonyl (C=O) groups excluding carboxylic acids is 1. The molecule has 0 atom stereocenters. The fourth-order valence-corrected chi connectivity index (χ4v) is 2.79. The van der Waals surface area contributed by atoms with Gasteiger partial charge >= 0.3 is 5.97 Å². The van der Waals surface area contributed by atoms with E-state index in [1.807, 2.05) is 60.7 Å². The molecule has 6 nitrogen and oxygen atoms in total. The first kappa shape index (κ1) is 19.9. The molecule has 29 heavy (non-hydrogen) atoms. The molecule has 0 unspecified atom stereocenters. The molecule has 0 aliphatic rings. The molecule has 3 aromatic carbocycles. The summed E-state index contributed by atoms with van der Waals surface area (Å²) in [6.45, 7) is 0.301. The Bertz CT molecular complexity index is 987. The Morgan fingerprint density at radius 1 is 0.759 bits per heavy atom. The minimum Gasteiger partial charge on any atom is -0.484 e. The Balaban J connectivity index is 2.00. The van der Waals surface area contributed by atoms with Crippen LogP contribution in [0.5, 0.6) is 11.5 Å². The van der Waals surface area contributed by atoms with Crippen LogP contribution >= 0.6 is 0 Å². The molecule has 2 N–H and O–H groups in total. The van der Waals surface area contributed by atoms with Crippen LogP contribution in [0.3, 0.4) is 0 Å². The van der Waals surface area contributed by atoms with Crippen molar-refractivity contribution in [2.24, 2.45) is 0 Å². The fourth-order valence-electron chi connectivity index (χ4n) is 2.79. The van der Waals surface area contributed by atoms with Gasteiger partial charge in [0.2, 0.25) is 0 Å². The minimum absolute atomic E-state index is 0.0263. The summed E-state index contributed by atoms with van der Waals surface area (Å²) in [5, 5.41) is 12.2. The average molecular weight is 391 g/mol. The maximum absolute atomic E-state index is 12.4. The van der Waals surface area contributed by atoms with Crippen LogP contribution < -0.4 is 14.8 Å². The van der Waals surface area contributed by atoms with Crippen LogP contribution in [0.25, 0.3) is 0 Å². The van der Waals surface area contributed by atoms with Gasteiger partial charge in [-0.25, -0.2) is 4.79 Å². The molecule has 148 valence electrons. The molecule has 3 rings (SSSR count). The number of nitrogens with one attached hydrogen (secondary N) is 1. The van der Waals surface area contributed by atoms with E-state index in [-0.39, 0.29) is 35.8 Å². The number of carboxylic acids is 1. The maximum Gasteiger partial charge on any atom is 0.339 e. The normalized spacial score (nSPS) is 10.2. The van der Waals surface area contributed by atoms with E-state index < -0.39 is 11.9 Å². The molecular weight excluding hydrogens is 370 g/mol. The van der Waals surface area contributed by atoms with Crippen molar-refractivity contribution < 1.29 is 24.2 Å². The molecule has 0 radical (unpaired) electrons. The predicted octanol–water partition coefficient (Wildman–Crippen LogP) is 3.90. The summed E-state index contributed by atoms with van der Waals surface area (Å²) in [7, 11) is 1.50. The molecule has 1 amide bonds. The minimum atomic E-state index is -1.17. The lowest BCUT2D eigenvalue weighted by Gasteiger charge is -2.18. The number of carbonyl (C=O) groups is 2. The van der Waals surface area contributed by atoms with Crippen molar-refractivity contribution in [2.45, 2.75) is 13.2 Å². The van der Waals surface area contributed by atoms with Gasteiger partial charge in [0.1, 0.15) is 18.8 Å². The summed E-state index contributed by atoms with van der Waals surface area (Å²) in [5.41, 5.74) is 1.88. The topological polar surface area (TPSA) is 84.9 Å². The van der Waals surface area contributed by atoms with Gasteiger partial charge in [0.25, 0.3) is 5.91 Å². The lowest BCUT2D eigenvalue weighted by Crippen LogP contribution is -2.20. The van der Waals surface area contributed by atoms with Crippen LogP contribution in [0.2, 0.25) is 0 Å². The second-order valence-corrected chi connectivity index (χ2v) is 6.25. The highest BCUT2D eigenvalue weighted by atomic mass is 16.5. The van der Waals surface area contributed by atoms with E-state index in [0.29, 0.717) is 0 Å². The highest BCUT2D eigenvalue weighted by Gasteiger charge is 2.24. The van der Waals surface area contributed by atoms with Crippen LogP contribution in [-0.4, -0.2) is 24.0 Å². The van der Waals surface area contributed by atoms with Gasteiger partial charge in [-0.1, -0.05) is 60.7 Å². The predicted molar refractivity (Wildman–Crippen MR) is 108 cm³/mol. The Morgan fingerprint density at radius 2 is 1.21 bits per heavy atom. The Hall–Kier alpha value is -3.80. The second kappa shape index (κ2) is 9.41. The fraction of sp³-hybridized carbons (Fsp3) is 0.130. The molecule has 3 aromatic rings. The number of benzene rings is 3. The van der Waals surface area contributed by atoms with Gasteiger partial charge < -0.3 is 19.9 Å². The van der Waals surface area contributed by atoms with E-state index in [1.54, 1.807) is 0 Å². The molecule has 0 aliphatic heterocycles. The van der Waals surface area contributed by atoms with Gasteiger partial charge in [-0.2, -0.15) is 0 Å². The number of carboxylic acid groups (broad SMARTS) is 1. The lowest BCUT2D eigenvalue weighted by molar-refractivity contribution is 0.0689. The smallest absolute Gasteiger partial charge is 0.339 e. The number of hydrogen-bond donors (Lipinski definition) is 2. The standard InChI is InChI=1S/C23H21NO5/c1-24-22(25)18-12-13-19(23(26)27)21(29-15-17-10-6-3-7-11-17)20(18)28-14-16-8-4-2-5-9-16/h2-13H,14-15H2,1H3,(H,24,25)(H,26,27). The summed E-state index contributed by atoms with van der Waals surface area (Å²) in [6.07, 6.45) is 0. The van der Waals surface area contributed by atoms with E-state index in [4.69, 9.17) is 9.47 Å². The highest BCUT2D eigenvalue weighted by Crippen LogP contribution is 2.36. The number of aromatic carboxylic acids is 1. The summed E-state index contributed by atoms with van der Waals surface area (Å²) in [4.78, 5) is 24.1. The van der Waals surface area contributed by atoms with E-state index in [9.17, 15) is 14.7 Å². The summed E-state index contributed by atoms with van der Waals surface area (Å²) in [6, 6.07) is 21.5. The van der Waals surface area contributed by atoms with E-state index in [1.165, 1.54) is 19.2 Å². The monoisotopic (exact) mass is 391 g/mol. The van der Waals surface area contributed by atoms with Gasteiger partial charge in [0.05, 0.1) is 5.56 Å². The zero-order chi connectivity index (χ0) is 20.6. The van der Waals surface area contributed by atoms with Crippen LogP contribution in [-0.2, 0) is 13.2 Å². The van der Waals surface area contributed by atoms with Gasteiger partial charge in [-0.05, 0) is 23.3 Å². The second-order valence-electron chi connectivity index (χ2n) is 6.25. The Labute approximate surface area is 168 Å². The van der Waals surface area contributed by atoms with E-state index in [2.05, 4.69) is 5.32 Å². The summed E-state index contributed by atoms with van der Waals surface area (Å²) < 4.78 is 11.8. The molecule has 0 fully saturated rings. The third-order valence-corrected chi connectivity index (χ3v) is 4.27. The third kappa shape index (κ3) is 4.93. The molecule has 0 saturated carbocycles.